The van der Waals surface area contributed by atoms with Crippen molar-refractivity contribution in [2.24, 2.45) is 21.5 Å². The highest BCUT2D eigenvalue weighted by Crippen LogP contribution is 2.42. The summed E-state index contributed by atoms with van der Waals surface area (Å²) in [6.45, 7) is 6.88. The van der Waals surface area contributed by atoms with Gasteiger partial charge in [-0.15, -0.1) is 0 Å². The molecule has 0 saturated carbocycles. The Kier molecular flexibility index (Phi) is 6.29. The highest BCUT2D eigenvalue weighted by Gasteiger charge is 2.65. The smallest absolute Gasteiger partial charge is 0.255 e. The zero-order valence-electron chi connectivity index (χ0n) is 23.2. The Labute approximate surface area is 237 Å². The van der Waals surface area contributed by atoms with Crippen molar-refractivity contribution >= 4 is 23.7 Å². The number of ether oxygens (including phenoxy) is 1. The number of para-hydroxylation sites is 1. The number of rotatable bonds is 5. The van der Waals surface area contributed by atoms with Crippen LogP contribution in [-0.2, 0) is 5.41 Å². The van der Waals surface area contributed by atoms with Crippen LogP contribution in [0.5, 0.6) is 5.75 Å². The number of aromatic nitrogens is 1. The molecule has 216 valence electrons. The Bertz CT molecular complexity index is 1460. The quantitative estimate of drug-likeness (QED) is 0.275. The number of nitrogens with zero attached hydrogens (tertiary/aromatic N) is 4. The Hall–Kier alpha value is -4.39. The minimum Gasteiger partial charge on any atom is -0.492 e. The SMILES string of the molecule is Cc1ccc(C(=O)NC[C@@H]2N=C(N)N3CC(NC(=O)c4cccc5c4OCCC5(C)C)[C@@H](O)[C@@]34NC(N)=N[C@@H]24)cn1. The first-order valence-electron chi connectivity index (χ1n) is 13.7. The molecule has 4 aliphatic heterocycles. The molecule has 1 aromatic carbocycles. The number of hydrogen-bond acceptors (Lipinski definition) is 11. The number of nitrogens with two attached hydrogens (primary N) is 2. The molecule has 8 N–H and O–H groups in total. The normalized spacial score (nSPS) is 29.1. The van der Waals surface area contributed by atoms with Gasteiger partial charge in [0.2, 0.25) is 0 Å². The molecule has 1 spiro atoms. The summed E-state index contributed by atoms with van der Waals surface area (Å²) in [6, 6.07) is 6.96. The van der Waals surface area contributed by atoms with Crippen molar-refractivity contribution in [2.75, 3.05) is 19.7 Å². The van der Waals surface area contributed by atoms with Crippen molar-refractivity contribution in [3.63, 3.8) is 0 Å². The Morgan fingerprint density at radius 2 is 2.00 bits per heavy atom. The van der Waals surface area contributed by atoms with Gasteiger partial charge in [-0.05, 0) is 37.0 Å². The van der Waals surface area contributed by atoms with Crippen LogP contribution in [0.2, 0.25) is 0 Å². The lowest BCUT2D eigenvalue weighted by Gasteiger charge is -2.46. The third kappa shape index (κ3) is 4.31. The maximum Gasteiger partial charge on any atom is 0.255 e. The van der Waals surface area contributed by atoms with Crippen LogP contribution in [0.1, 0.15) is 52.2 Å². The minimum absolute atomic E-state index is 0.0964. The predicted molar refractivity (Wildman–Crippen MR) is 152 cm³/mol. The molecule has 1 aromatic heterocycles. The molecule has 1 unspecified atom stereocenters. The van der Waals surface area contributed by atoms with Gasteiger partial charge in [0.1, 0.15) is 17.9 Å². The van der Waals surface area contributed by atoms with Crippen molar-refractivity contribution in [1.82, 2.24) is 25.8 Å². The van der Waals surface area contributed by atoms with Gasteiger partial charge in [-0.2, -0.15) is 0 Å². The van der Waals surface area contributed by atoms with Crippen molar-refractivity contribution in [3.05, 3.63) is 58.9 Å². The standard InChI is InChI=1S/C28H35N9O4/c1-14-7-8-15(11-31-14)23(39)32-12-18-21-28(36-25(29)35-21)22(38)19(13-37(28)26(30)34-18)33-24(40)16-5-4-6-17-20(16)41-10-9-27(17,2)3/h4-8,11,18-19,21-22,38H,9-10,12-13H2,1-3H3,(H2,30,34)(H,32,39)(H,33,40)(H3,29,35,36)/t18-,19?,21-,22+,28-/m0/s1. The number of guanidine groups is 2. The number of aliphatic hydroxyl groups excluding tert-OH is 1. The average Bonchev–Trinajstić information content (AvgIpc) is 3.43. The maximum atomic E-state index is 13.6. The zero-order valence-corrected chi connectivity index (χ0v) is 23.2. The van der Waals surface area contributed by atoms with Gasteiger partial charge in [0, 0.05) is 30.5 Å². The number of carbonyl (C=O) groups excluding carboxylic acids is 2. The fourth-order valence-corrected chi connectivity index (χ4v) is 6.30. The van der Waals surface area contributed by atoms with Gasteiger partial charge >= 0.3 is 0 Å². The summed E-state index contributed by atoms with van der Waals surface area (Å²) in [6.07, 6.45) is 1.19. The minimum atomic E-state index is -1.25. The Morgan fingerprint density at radius 3 is 2.76 bits per heavy atom. The summed E-state index contributed by atoms with van der Waals surface area (Å²) in [5, 5.41) is 20.7. The lowest BCUT2D eigenvalue weighted by molar-refractivity contribution is 0.0143. The van der Waals surface area contributed by atoms with Crippen LogP contribution in [0.15, 0.2) is 46.5 Å². The third-order valence-corrected chi connectivity index (χ3v) is 8.58. The Morgan fingerprint density at radius 1 is 1.20 bits per heavy atom. The van der Waals surface area contributed by atoms with E-state index in [4.69, 9.17) is 16.2 Å². The van der Waals surface area contributed by atoms with Crippen LogP contribution in [0.25, 0.3) is 0 Å². The summed E-state index contributed by atoms with van der Waals surface area (Å²) in [5.74, 6) is 0.138. The molecule has 5 atom stereocenters. The molecule has 13 heteroatoms. The molecule has 6 rings (SSSR count). The molecule has 2 amide bonds. The van der Waals surface area contributed by atoms with E-state index in [0.717, 1.165) is 17.7 Å². The molecule has 5 heterocycles. The Balaban J connectivity index is 1.22. The van der Waals surface area contributed by atoms with E-state index in [9.17, 15) is 14.7 Å². The van der Waals surface area contributed by atoms with E-state index in [1.165, 1.54) is 6.20 Å². The fourth-order valence-electron chi connectivity index (χ4n) is 6.30. The van der Waals surface area contributed by atoms with Crippen molar-refractivity contribution in [2.45, 2.75) is 62.5 Å². The van der Waals surface area contributed by atoms with Gasteiger partial charge < -0.3 is 42.2 Å². The lowest BCUT2D eigenvalue weighted by atomic mass is 9.79. The highest BCUT2D eigenvalue weighted by atomic mass is 16.5. The van der Waals surface area contributed by atoms with E-state index >= 15 is 0 Å². The van der Waals surface area contributed by atoms with Crippen LogP contribution in [-0.4, -0.2) is 88.3 Å². The van der Waals surface area contributed by atoms with E-state index in [1.807, 2.05) is 19.1 Å². The molecule has 41 heavy (non-hydrogen) atoms. The van der Waals surface area contributed by atoms with Crippen LogP contribution >= 0.6 is 0 Å². The van der Waals surface area contributed by atoms with Crippen molar-refractivity contribution < 1.29 is 19.4 Å². The topological polar surface area (TPSA) is 193 Å². The average molecular weight is 562 g/mol. The number of amides is 2. The van der Waals surface area contributed by atoms with Crippen LogP contribution in [0.4, 0.5) is 0 Å². The number of benzene rings is 1. The molecular formula is C28H35N9O4. The van der Waals surface area contributed by atoms with Crippen LogP contribution in [0, 0.1) is 6.92 Å². The van der Waals surface area contributed by atoms with Gasteiger partial charge in [-0.3, -0.25) is 14.6 Å². The molecule has 0 radical (unpaired) electrons. The van der Waals surface area contributed by atoms with Gasteiger partial charge in [-0.1, -0.05) is 26.0 Å². The zero-order chi connectivity index (χ0) is 29.1. The number of fused-ring (bicyclic) bond motifs is 1. The first-order chi connectivity index (χ1) is 19.5. The molecule has 0 aliphatic carbocycles. The third-order valence-electron chi connectivity index (χ3n) is 8.58. The summed E-state index contributed by atoms with van der Waals surface area (Å²) >= 11 is 0. The molecule has 2 aromatic rings. The number of aryl methyl sites for hydroxylation is 1. The molecular weight excluding hydrogens is 526 g/mol. The van der Waals surface area contributed by atoms with Crippen LogP contribution in [0.3, 0.4) is 0 Å². The van der Waals surface area contributed by atoms with E-state index < -0.39 is 29.9 Å². The monoisotopic (exact) mass is 561 g/mol. The number of carbonyl (C=O) groups is 2. The number of aliphatic hydroxyl groups is 1. The number of pyridine rings is 1. The first kappa shape index (κ1) is 26.8. The molecule has 0 bridgehead atoms. The molecule has 1 fully saturated rings. The number of hydrogen-bond donors (Lipinski definition) is 6. The summed E-state index contributed by atoms with van der Waals surface area (Å²) < 4.78 is 5.94. The second kappa shape index (κ2) is 9.61. The number of nitrogens with one attached hydrogen (secondary N) is 3. The molecule has 4 aliphatic rings. The van der Waals surface area contributed by atoms with E-state index in [0.29, 0.717) is 23.5 Å². The second-order valence-electron chi connectivity index (χ2n) is 11.7. The van der Waals surface area contributed by atoms with Crippen molar-refractivity contribution in [3.8, 4) is 5.75 Å². The summed E-state index contributed by atoms with van der Waals surface area (Å²) in [7, 11) is 0. The lowest BCUT2D eigenvalue weighted by Crippen LogP contribution is -2.73. The highest BCUT2D eigenvalue weighted by molar-refractivity contribution is 5.98. The first-order valence-corrected chi connectivity index (χ1v) is 13.7. The van der Waals surface area contributed by atoms with Gasteiger partial charge in [0.15, 0.2) is 17.6 Å². The molecule has 1 saturated heterocycles. The van der Waals surface area contributed by atoms with E-state index in [-0.39, 0.29) is 42.2 Å². The van der Waals surface area contributed by atoms with Crippen LogP contribution < -0.4 is 32.2 Å². The summed E-state index contributed by atoms with van der Waals surface area (Å²) in [4.78, 5) is 41.3. The predicted octanol–water partition coefficient (Wildman–Crippen LogP) is -0.665. The fraction of sp³-hybridized carbons (Fsp3) is 0.464. The van der Waals surface area contributed by atoms with Gasteiger partial charge in [0.25, 0.3) is 11.8 Å². The van der Waals surface area contributed by atoms with Gasteiger partial charge in [-0.25, -0.2) is 9.98 Å². The number of aliphatic imine (C=N–C) groups is 2. The molecule has 13 nitrogen and oxygen atoms in total. The maximum absolute atomic E-state index is 13.6. The van der Waals surface area contributed by atoms with E-state index in [1.54, 1.807) is 23.1 Å². The van der Waals surface area contributed by atoms with Gasteiger partial charge in [0.05, 0.1) is 29.8 Å². The summed E-state index contributed by atoms with van der Waals surface area (Å²) in [5.41, 5.74) is 13.7. The largest absolute Gasteiger partial charge is 0.492 e. The second-order valence-corrected chi connectivity index (χ2v) is 11.7. The van der Waals surface area contributed by atoms with E-state index in [2.05, 4.69) is 44.8 Å². The van der Waals surface area contributed by atoms with Crippen molar-refractivity contribution in [1.29, 1.82) is 0 Å².